The monoisotopic (exact) mass is 300 g/mol. The summed E-state index contributed by atoms with van der Waals surface area (Å²) in [4.78, 5) is 23.9. The zero-order valence-electron chi connectivity index (χ0n) is 13.3. The molecule has 0 heterocycles. The van der Waals surface area contributed by atoms with Gasteiger partial charge in [-0.2, -0.15) is 0 Å². The van der Waals surface area contributed by atoms with E-state index in [9.17, 15) is 9.59 Å². The number of ether oxygens (including phenoxy) is 2. The summed E-state index contributed by atoms with van der Waals surface area (Å²) in [5.41, 5.74) is -0.207. The first-order valence-electron chi connectivity index (χ1n) is 7.18. The lowest BCUT2D eigenvalue weighted by molar-refractivity contribution is -0.174. The van der Waals surface area contributed by atoms with Gasteiger partial charge in [0.05, 0.1) is 11.0 Å². The largest absolute Gasteiger partial charge is 0.425 e. The molecule has 0 spiro atoms. The quantitative estimate of drug-likeness (QED) is 0.636. The summed E-state index contributed by atoms with van der Waals surface area (Å²) < 4.78 is 10.3. The second kappa shape index (κ2) is 6.18. The molecule has 0 saturated heterocycles. The van der Waals surface area contributed by atoms with E-state index < -0.39 is 23.6 Å². The van der Waals surface area contributed by atoms with Crippen LogP contribution in [0.1, 0.15) is 38.1 Å². The van der Waals surface area contributed by atoms with Crippen LogP contribution in [0.25, 0.3) is 10.8 Å². The van der Waals surface area contributed by atoms with Crippen molar-refractivity contribution >= 4 is 22.7 Å². The number of benzene rings is 2. The van der Waals surface area contributed by atoms with Gasteiger partial charge < -0.3 is 9.47 Å². The van der Waals surface area contributed by atoms with Gasteiger partial charge >= 0.3 is 11.9 Å². The second-order valence-corrected chi connectivity index (χ2v) is 6.19. The van der Waals surface area contributed by atoms with E-state index in [0.717, 1.165) is 10.8 Å². The van der Waals surface area contributed by atoms with Crippen molar-refractivity contribution in [3.8, 4) is 0 Å². The first kappa shape index (κ1) is 16.0. The number of rotatable bonds is 3. The van der Waals surface area contributed by atoms with E-state index in [4.69, 9.17) is 9.47 Å². The van der Waals surface area contributed by atoms with Crippen molar-refractivity contribution in [3.63, 3.8) is 0 Å². The third-order valence-corrected chi connectivity index (χ3v) is 3.14. The van der Waals surface area contributed by atoms with E-state index in [2.05, 4.69) is 0 Å². The fraction of sp³-hybridized carbons (Fsp3) is 0.333. The lowest BCUT2D eigenvalue weighted by Gasteiger charge is -2.20. The van der Waals surface area contributed by atoms with Crippen molar-refractivity contribution in [2.45, 2.75) is 34.0 Å². The van der Waals surface area contributed by atoms with Gasteiger partial charge in [-0.05, 0) is 43.7 Å². The lowest BCUT2D eigenvalue weighted by Crippen LogP contribution is -2.29. The Hall–Kier alpha value is -2.36. The van der Waals surface area contributed by atoms with Crippen LogP contribution in [-0.2, 0) is 14.3 Å². The average molecular weight is 300 g/mol. The Balaban J connectivity index is 2.06. The molecule has 4 nitrogen and oxygen atoms in total. The van der Waals surface area contributed by atoms with Gasteiger partial charge in [-0.25, -0.2) is 4.79 Å². The minimum absolute atomic E-state index is 0.411. The SMILES string of the molecule is CC(OC(=O)c1ccc2ccccc2c1)OC(=O)C(C)(C)C. The van der Waals surface area contributed by atoms with Crippen LogP contribution in [0.2, 0.25) is 0 Å². The van der Waals surface area contributed by atoms with Gasteiger partial charge in [-0.1, -0.05) is 30.3 Å². The summed E-state index contributed by atoms with van der Waals surface area (Å²) in [7, 11) is 0. The summed E-state index contributed by atoms with van der Waals surface area (Å²) in [6.45, 7) is 6.76. The van der Waals surface area contributed by atoms with E-state index >= 15 is 0 Å². The zero-order valence-corrected chi connectivity index (χ0v) is 13.3. The number of carbonyl (C=O) groups is 2. The van der Waals surface area contributed by atoms with Gasteiger partial charge in [-0.3, -0.25) is 4.79 Å². The summed E-state index contributed by atoms with van der Waals surface area (Å²) in [5, 5.41) is 2.00. The molecule has 0 aromatic heterocycles. The molecular formula is C18H20O4. The van der Waals surface area contributed by atoms with E-state index in [1.807, 2.05) is 30.3 Å². The maximum Gasteiger partial charge on any atom is 0.341 e. The minimum Gasteiger partial charge on any atom is -0.425 e. The molecule has 0 N–H and O–H groups in total. The molecular weight excluding hydrogens is 280 g/mol. The van der Waals surface area contributed by atoms with Crippen molar-refractivity contribution < 1.29 is 19.1 Å². The molecule has 0 aliphatic rings. The van der Waals surface area contributed by atoms with Gasteiger partial charge in [0.15, 0.2) is 0 Å². The van der Waals surface area contributed by atoms with Crippen molar-refractivity contribution in [2.75, 3.05) is 0 Å². The Morgan fingerprint density at radius 2 is 1.59 bits per heavy atom. The van der Waals surface area contributed by atoms with Crippen LogP contribution in [0.3, 0.4) is 0 Å². The van der Waals surface area contributed by atoms with E-state index in [-0.39, 0.29) is 0 Å². The summed E-state index contributed by atoms with van der Waals surface area (Å²) >= 11 is 0. The molecule has 0 bridgehead atoms. The molecule has 2 aromatic rings. The van der Waals surface area contributed by atoms with Gasteiger partial charge in [0.1, 0.15) is 0 Å². The van der Waals surface area contributed by atoms with Crippen LogP contribution >= 0.6 is 0 Å². The molecule has 1 atom stereocenters. The van der Waals surface area contributed by atoms with E-state index in [1.165, 1.54) is 6.92 Å². The smallest absolute Gasteiger partial charge is 0.341 e. The number of fused-ring (bicyclic) bond motifs is 1. The van der Waals surface area contributed by atoms with Gasteiger partial charge in [-0.15, -0.1) is 0 Å². The summed E-state index contributed by atoms with van der Waals surface area (Å²) in [5.74, 6) is -0.925. The zero-order chi connectivity index (χ0) is 16.3. The Bertz CT molecular complexity index is 698. The molecule has 116 valence electrons. The molecule has 0 saturated carbocycles. The highest BCUT2D eigenvalue weighted by molar-refractivity contribution is 5.95. The van der Waals surface area contributed by atoms with Crippen LogP contribution in [0.5, 0.6) is 0 Å². The number of hydrogen-bond donors (Lipinski definition) is 0. The Morgan fingerprint density at radius 3 is 2.23 bits per heavy atom. The maximum absolute atomic E-state index is 12.1. The van der Waals surface area contributed by atoms with Crippen LogP contribution in [0.15, 0.2) is 42.5 Å². The molecule has 4 heteroatoms. The molecule has 1 unspecified atom stereocenters. The molecule has 2 aromatic carbocycles. The second-order valence-electron chi connectivity index (χ2n) is 6.19. The third kappa shape index (κ3) is 3.85. The fourth-order valence-electron chi connectivity index (χ4n) is 1.89. The highest BCUT2D eigenvalue weighted by atomic mass is 16.7. The Morgan fingerprint density at radius 1 is 0.955 bits per heavy atom. The normalized spacial score (nSPS) is 12.7. The standard InChI is InChI=1S/C18H20O4/c1-12(22-17(20)18(2,3)4)21-16(19)15-10-9-13-7-5-6-8-14(13)11-15/h5-12H,1-4H3. The van der Waals surface area contributed by atoms with Crippen molar-refractivity contribution in [3.05, 3.63) is 48.0 Å². The molecule has 0 amide bonds. The van der Waals surface area contributed by atoms with Crippen molar-refractivity contribution in [2.24, 2.45) is 5.41 Å². The van der Waals surface area contributed by atoms with Crippen molar-refractivity contribution in [1.82, 2.24) is 0 Å². The van der Waals surface area contributed by atoms with Gasteiger partial charge in [0.25, 0.3) is 0 Å². The highest BCUT2D eigenvalue weighted by Gasteiger charge is 2.26. The predicted octanol–water partition coefficient (Wildman–Crippen LogP) is 3.93. The van der Waals surface area contributed by atoms with Crippen LogP contribution in [0, 0.1) is 5.41 Å². The highest BCUT2D eigenvalue weighted by Crippen LogP contribution is 2.19. The minimum atomic E-state index is -0.925. The first-order valence-corrected chi connectivity index (χ1v) is 7.18. The summed E-state index contributed by atoms with van der Waals surface area (Å²) in [6, 6.07) is 13.1. The number of hydrogen-bond acceptors (Lipinski definition) is 4. The molecule has 0 aliphatic heterocycles. The van der Waals surface area contributed by atoms with Crippen LogP contribution in [0.4, 0.5) is 0 Å². The van der Waals surface area contributed by atoms with E-state index in [1.54, 1.807) is 32.9 Å². The molecule has 0 radical (unpaired) electrons. The Kier molecular flexibility index (Phi) is 4.50. The number of esters is 2. The maximum atomic E-state index is 12.1. The topological polar surface area (TPSA) is 52.6 Å². The molecule has 0 aliphatic carbocycles. The first-order chi connectivity index (χ1) is 10.3. The Labute approximate surface area is 130 Å². The molecule has 2 rings (SSSR count). The average Bonchev–Trinajstić information content (AvgIpc) is 2.45. The fourth-order valence-corrected chi connectivity index (χ4v) is 1.89. The van der Waals surface area contributed by atoms with Crippen molar-refractivity contribution in [1.29, 1.82) is 0 Å². The number of carbonyl (C=O) groups excluding carboxylic acids is 2. The predicted molar refractivity (Wildman–Crippen MR) is 84.4 cm³/mol. The molecule has 22 heavy (non-hydrogen) atoms. The molecule has 0 fully saturated rings. The third-order valence-electron chi connectivity index (χ3n) is 3.14. The van der Waals surface area contributed by atoms with Gasteiger partial charge in [0, 0.05) is 6.92 Å². The lowest BCUT2D eigenvalue weighted by atomic mass is 9.97. The van der Waals surface area contributed by atoms with E-state index in [0.29, 0.717) is 5.56 Å². The summed E-state index contributed by atoms with van der Waals surface area (Å²) in [6.07, 6.45) is -0.925. The van der Waals surface area contributed by atoms with Gasteiger partial charge in [0.2, 0.25) is 6.29 Å². The van der Waals surface area contributed by atoms with Crippen LogP contribution < -0.4 is 0 Å². The van der Waals surface area contributed by atoms with Crippen LogP contribution in [-0.4, -0.2) is 18.2 Å².